The van der Waals surface area contributed by atoms with Crippen LogP contribution in [0, 0.1) is 17.8 Å². The van der Waals surface area contributed by atoms with Crippen molar-refractivity contribution in [3.63, 3.8) is 0 Å². The second-order valence-corrected chi connectivity index (χ2v) is 9.37. The predicted molar refractivity (Wildman–Crippen MR) is 108 cm³/mol. The Balaban J connectivity index is 1.85. The largest absolute Gasteiger partial charge is 0.416 e. The van der Waals surface area contributed by atoms with Gasteiger partial charge < -0.3 is 4.90 Å². The molecule has 0 N–H and O–H groups in total. The van der Waals surface area contributed by atoms with E-state index in [1.807, 2.05) is 0 Å². The summed E-state index contributed by atoms with van der Waals surface area (Å²) in [6, 6.07) is 3.67. The lowest BCUT2D eigenvalue weighted by molar-refractivity contribution is -0.137. The first-order chi connectivity index (χ1) is 13.6. The van der Waals surface area contributed by atoms with E-state index in [0.29, 0.717) is 25.9 Å². The maximum absolute atomic E-state index is 12.7. The summed E-state index contributed by atoms with van der Waals surface area (Å²) in [6.45, 7) is 4.93. The molecule has 4 nitrogen and oxygen atoms in total. The monoisotopic (exact) mass is 430 g/mol. The van der Waals surface area contributed by atoms with E-state index >= 15 is 0 Å². The van der Waals surface area contributed by atoms with Crippen LogP contribution in [0.3, 0.4) is 0 Å². The van der Waals surface area contributed by atoms with Crippen LogP contribution in [0.4, 0.5) is 13.2 Å². The van der Waals surface area contributed by atoms with Gasteiger partial charge in [0.2, 0.25) is 10.0 Å². The van der Waals surface area contributed by atoms with Gasteiger partial charge in [-0.3, -0.25) is 0 Å². The molecule has 0 bridgehead atoms. The Hall–Kier alpha value is -1.56. The average Bonchev–Trinajstić information content (AvgIpc) is 2.68. The third-order valence-electron chi connectivity index (χ3n) is 5.03. The van der Waals surface area contributed by atoms with Crippen LogP contribution in [0.15, 0.2) is 29.2 Å². The van der Waals surface area contributed by atoms with Crippen LogP contribution in [-0.2, 0) is 16.2 Å². The van der Waals surface area contributed by atoms with Crippen LogP contribution in [0.2, 0.25) is 0 Å². The number of benzene rings is 1. The van der Waals surface area contributed by atoms with Crippen molar-refractivity contribution >= 4 is 10.0 Å². The molecule has 2 rings (SSSR count). The standard InChI is InChI=1S/C21H29F3N2O2S/c1-3-14-25(2)15-6-4-5-7-18-12-16-26(17-13-18)29(27,28)20-10-8-19(9-11-20)21(22,23)24/h8-11,18H,3-4,6,12-17H2,1-2H3. The quantitative estimate of drug-likeness (QED) is 0.480. The number of halogens is 3. The number of rotatable bonds is 7. The van der Waals surface area contributed by atoms with Crippen molar-refractivity contribution in [3.05, 3.63) is 29.8 Å². The molecule has 8 heteroatoms. The first-order valence-electron chi connectivity index (χ1n) is 9.99. The lowest BCUT2D eigenvalue weighted by Crippen LogP contribution is -2.38. The summed E-state index contributed by atoms with van der Waals surface area (Å²) in [7, 11) is -1.68. The van der Waals surface area contributed by atoms with Gasteiger partial charge in [0.05, 0.1) is 10.5 Å². The van der Waals surface area contributed by atoms with E-state index < -0.39 is 21.8 Å². The highest BCUT2D eigenvalue weighted by Gasteiger charge is 2.32. The van der Waals surface area contributed by atoms with Crippen molar-refractivity contribution in [1.29, 1.82) is 0 Å². The van der Waals surface area contributed by atoms with E-state index in [2.05, 4.69) is 30.7 Å². The van der Waals surface area contributed by atoms with Crippen molar-refractivity contribution in [3.8, 4) is 11.8 Å². The highest BCUT2D eigenvalue weighted by molar-refractivity contribution is 7.89. The molecule has 1 fully saturated rings. The second kappa shape index (κ2) is 10.5. The van der Waals surface area contributed by atoms with Gasteiger partial charge in [0.15, 0.2) is 0 Å². The Labute approximate surface area is 172 Å². The molecule has 29 heavy (non-hydrogen) atoms. The Kier molecular flexibility index (Phi) is 8.56. The normalized spacial score (nSPS) is 16.6. The SMILES string of the molecule is CCCN(C)CCCC#CC1CCN(S(=O)(=O)c2ccc(C(F)(F)F)cc2)CC1. The summed E-state index contributed by atoms with van der Waals surface area (Å²) >= 11 is 0. The molecule has 1 saturated heterocycles. The molecule has 1 aromatic rings. The molecule has 162 valence electrons. The molecule has 0 atom stereocenters. The van der Waals surface area contributed by atoms with Crippen molar-refractivity contribution in [2.75, 3.05) is 33.2 Å². The lowest BCUT2D eigenvalue weighted by atomic mass is 9.99. The zero-order valence-corrected chi connectivity index (χ0v) is 17.8. The minimum absolute atomic E-state index is 0.105. The molecule has 0 saturated carbocycles. The maximum Gasteiger partial charge on any atom is 0.416 e. The Morgan fingerprint density at radius 2 is 1.76 bits per heavy atom. The van der Waals surface area contributed by atoms with Gasteiger partial charge in [-0.1, -0.05) is 12.8 Å². The van der Waals surface area contributed by atoms with Gasteiger partial charge in [-0.25, -0.2) is 8.42 Å². The highest BCUT2D eigenvalue weighted by atomic mass is 32.2. The Morgan fingerprint density at radius 1 is 1.14 bits per heavy atom. The van der Waals surface area contributed by atoms with Crippen LogP contribution < -0.4 is 0 Å². The predicted octanol–water partition coefficient (Wildman–Crippen LogP) is 4.23. The minimum atomic E-state index is -4.48. The minimum Gasteiger partial charge on any atom is -0.306 e. The van der Waals surface area contributed by atoms with E-state index in [1.54, 1.807) is 0 Å². The van der Waals surface area contributed by atoms with Crippen LogP contribution >= 0.6 is 0 Å². The fourth-order valence-electron chi connectivity index (χ4n) is 3.35. The Bertz CT molecular complexity index is 803. The molecule has 1 aromatic carbocycles. The van der Waals surface area contributed by atoms with Gasteiger partial charge in [0, 0.05) is 25.4 Å². The zero-order valence-electron chi connectivity index (χ0n) is 17.0. The number of piperidine rings is 1. The van der Waals surface area contributed by atoms with Crippen LogP contribution in [0.1, 0.15) is 44.6 Å². The average molecular weight is 431 g/mol. The molecule has 0 unspecified atom stereocenters. The van der Waals surface area contributed by atoms with Crippen LogP contribution in [0.5, 0.6) is 0 Å². The van der Waals surface area contributed by atoms with E-state index in [9.17, 15) is 21.6 Å². The number of sulfonamides is 1. The van der Waals surface area contributed by atoms with E-state index in [-0.39, 0.29) is 10.8 Å². The fourth-order valence-corrected chi connectivity index (χ4v) is 4.82. The van der Waals surface area contributed by atoms with Crippen LogP contribution in [0.25, 0.3) is 0 Å². The fraction of sp³-hybridized carbons (Fsp3) is 0.619. The summed E-state index contributed by atoms with van der Waals surface area (Å²) in [5, 5.41) is 0. The van der Waals surface area contributed by atoms with Crippen LogP contribution in [-0.4, -0.2) is 50.8 Å². The summed E-state index contributed by atoms with van der Waals surface area (Å²) < 4.78 is 64.7. The molecule has 0 aliphatic carbocycles. The van der Waals surface area contributed by atoms with Gasteiger partial charge in [-0.2, -0.15) is 17.5 Å². The summed E-state index contributed by atoms with van der Waals surface area (Å²) in [4.78, 5) is 2.18. The number of unbranched alkanes of at least 4 members (excludes halogenated alkanes) is 1. The first-order valence-corrected chi connectivity index (χ1v) is 11.4. The van der Waals surface area contributed by atoms with Crippen molar-refractivity contribution in [1.82, 2.24) is 9.21 Å². The van der Waals surface area contributed by atoms with Crippen molar-refractivity contribution < 1.29 is 21.6 Å². The van der Waals surface area contributed by atoms with Crippen molar-refractivity contribution in [2.24, 2.45) is 5.92 Å². The summed E-state index contributed by atoms with van der Waals surface area (Å²) in [6.07, 6.45) is -0.213. The third-order valence-corrected chi connectivity index (χ3v) is 6.94. The van der Waals surface area contributed by atoms with E-state index in [1.165, 1.54) is 4.31 Å². The molecule has 0 spiro atoms. The van der Waals surface area contributed by atoms with Gasteiger partial charge in [-0.05, 0) is 70.1 Å². The molecule has 1 aliphatic rings. The first kappa shape index (κ1) is 23.7. The van der Waals surface area contributed by atoms with E-state index in [4.69, 9.17) is 0 Å². The lowest BCUT2D eigenvalue weighted by Gasteiger charge is -2.29. The highest BCUT2D eigenvalue weighted by Crippen LogP contribution is 2.30. The summed E-state index contributed by atoms with van der Waals surface area (Å²) in [5.41, 5.74) is -0.855. The topological polar surface area (TPSA) is 40.6 Å². The van der Waals surface area contributed by atoms with Gasteiger partial charge in [-0.15, -0.1) is 5.92 Å². The second-order valence-electron chi connectivity index (χ2n) is 7.43. The maximum atomic E-state index is 12.7. The smallest absolute Gasteiger partial charge is 0.306 e. The number of alkyl halides is 3. The van der Waals surface area contributed by atoms with Gasteiger partial charge in [0.1, 0.15) is 0 Å². The molecule has 1 aliphatic heterocycles. The zero-order chi connectivity index (χ0) is 21.5. The molecule has 0 radical (unpaired) electrons. The van der Waals surface area contributed by atoms with Crippen molar-refractivity contribution in [2.45, 2.75) is 50.1 Å². The number of hydrogen-bond donors (Lipinski definition) is 0. The Morgan fingerprint density at radius 3 is 2.31 bits per heavy atom. The van der Waals surface area contributed by atoms with E-state index in [0.717, 1.165) is 56.6 Å². The molecule has 0 aromatic heterocycles. The molecule has 1 heterocycles. The molecule has 0 amide bonds. The number of nitrogens with zero attached hydrogens (tertiary/aromatic N) is 2. The van der Waals surface area contributed by atoms with Gasteiger partial charge in [0.25, 0.3) is 0 Å². The molecular weight excluding hydrogens is 401 g/mol. The molecular formula is C21H29F3N2O2S. The number of hydrogen-bond acceptors (Lipinski definition) is 3. The third kappa shape index (κ3) is 7.02. The summed E-state index contributed by atoms with van der Waals surface area (Å²) in [5.74, 6) is 6.62. The van der Waals surface area contributed by atoms with Gasteiger partial charge >= 0.3 is 6.18 Å².